The Morgan fingerprint density at radius 1 is 0.750 bits per heavy atom. The lowest BCUT2D eigenvalue weighted by Gasteiger charge is -2.21. The van der Waals surface area contributed by atoms with E-state index in [4.69, 9.17) is 4.42 Å². The van der Waals surface area contributed by atoms with Crippen LogP contribution in [-0.4, -0.2) is 46.5 Å². The predicted octanol–water partition coefficient (Wildman–Crippen LogP) is 1.37. The van der Waals surface area contributed by atoms with Crippen LogP contribution in [0, 0.1) is 0 Å². The zero-order chi connectivity index (χ0) is 25.5. The number of rotatable bonds is 4. The highest BCUT2D eigenvalue weighted by Gasteiger charge is 2.29. The van der Waals surface area contributed by atoms with E-state index in [9.17, 15) is 14.4 Å². The van der Waals surface area contributed by atoms with Crippen LogP contribution in [0.15, 0.2) is 65.1 Å². The molecule has 2 heterocycles. The van der Waals surface area contributed by atoms with Crippen molar-refractivity contribution in [3.05, 3.63) is 83.6 Å². The first-order valence-electron chi connectivity index (χ1n) is 11.9. The Kier molecular flexibility index (Phi) is 8.06. The lowest BCUT2D eigenvalue weighted by atomic mass is 10.0. The van der Waals surface area contributed by atoms with E-state index in [1.807, 2.05) is 60.7 Å². The third-order valence-electron chi connectivity index (χ3n) is 5.97. The monoisotopic (exact) mass is 490 g/mol. The van der Waals surface area contributed by atoms with E-state index in [0.29, 0.717) is 12.3 Å². The smallest absolute Gasteiger partial charge is 0.243 e. The van der Waals surface area contributed by atoms with Crippen LogP contribution in [0.2, 0.25) is 0 Å². The third kappa shape index (κ3) is 6.54. The van der Waals surface area contributed by atoms with Gasteiger partial charge in [0, 0.05) is 6.42 Å². The topological polar surface area (TPSA) is 138 Å². The molecule has 4 N–H and O–H groups in total. The van der Waals surface area contributed by atoms with E-state index in [1.165, 1.54) is 0 Å². The standard InChI is InChI=1S/C26H30N6O4/c1-16-23(34)27-15-22(33)30-20(13-18-9-5-3-6-10-18)24(35)29-17(2)25-31-32-26(36-25)21(28-16)14-19-11-7-4-8-12-19/h3-12,16-17,20-21,28H,13-15H2,1-2H3,(H,27,34)(H,29,35)(H,30,33)/t16-,17-,20-,21?/m0/s1. The fourth-order valence-corrected chi connectivity index (χ4v) is 4.01. The van der Waals surface area contributed by atoms with Crippen molar-refractivity contribution >= 4 is 17.7 Å². The molecule has 2 aromatic carbocycles. The SMILES string of the molecule is C[C@@H]1NC(Cc2ccccc2)c2nnc(o2)[C@H](C)NC(=O)[C@H](Cc2ccccc2)NC(=O)CNC1=O. The molecule has 0 aliphatic carbocycles. The molecular formula is C26H30N6O4. The summed E-state index contributed by atoms with van der Waals surface area (Å²) in [5.74, 6) is -0.688. The number of aromatic nitrogens is 2. The molecule has 4 atom stereocenters. The molecule has 0 radical (unpaired) electrons. The number of carbonyl (C=O) groups excluding carboxylic acids is 3. The third-order valence-corrected chi connectivity index (χ3v) is 5.97. The van der Waals surface area contributed by atoms with Gasteiger partial charge in [-0.2, -0.15) is 0 Å². The van der Waals surface area contributed by atoms with E-state index in [2.05, 4.69) is 31.5 Å². The molecule has 0 saturated heterocycles. The summed E-state index contributed by atoms with van der Waals surface area (Å²) < 4.78 is 5.94. The van der Waals surface area contributed by atoms with Crippen LogP contribution in [-0.2, 0) is 27.2 Å². The zero-order valence-corrected chi connectivity index (χ0v) is 20.2. The summed E-state index contributed by atoms with van der Waals surface area (Å²) >= 11 is 0. The molecule has 10 heteroatoms. The zero-order valence-electron chi connectivity index (χ0n) is 20.2. The minimum absolute atomic E-state index is 0.231. The molecule has 1 aliphatic heterocycles. The van der Waals surface area contributed by atoms with Gasteiger partial charge in [0.15, 0.2) is 0 Å². The van der Waals surface area contributed by atoms with Gasteiger partial charge in [-0.25, -0.2) is 0 Å². The van der Waals surface area contributed by atoms with Gasteiger partial charge < -0.3 is 20.4 Å². The number of benzene rings is 2. The minimum Gasteiger partial charge on any atom is -0.421 e. The van der Waals surface area contributed by atoms with Gasteiger partial charge in [0.2, 0.25) is 29.5 Å². The van der Waals surface area contributed by atoms with Crippen LogP contribution in [0.1, 0.15) is 48.8 Å². The van der Waals surface area contributed by atoms with E-state index in [1.54, 1.807) is 13.8 Å². The van der Waals surface area contributed by atoms with Crippen molar-refractivity contribution in [3.63, 3.8) is 0 Å². The first-order valence-corrected chi connectivity index (χ1v) is 11.9. The van der Waals surface area contributed by atoms with E-state index < -0.39 is 36.0 Å². The van der Waals surface area contributed by atoms with Gasteiger partial charge in [-0.3, -0.25) is 19.7 Å². The minimum atomic E-state index is -0.854. The van der Waals surface area contributed by atoms with Gasteiger partial charge in [-0.1, -0.05) is 60.7 Å². The van der Waals surface area contributed by atoms with E-state index in [0.717, 1.165) is 11.1 Å². The summed E-state index contributed by atoms with van der Waals surface area (Å²) in [5.41, 5.74) is 1.90. The van der Waals surface area contributed by atoms with Crippen molar-refractivity contribution in [2.45, 2.75) is 50.9 Å². The summed E-state index contributed by atoms with van der Waals surface area (Å²) in [6.07, 6.45) is 0.783. The van der Waals surface area contributed by atoms with Gasteiger partial charge in [-0.15, -0.1) is 10.2 Å². The highest BCUT2D eigenvalue weighted by Crippen LogP contribution is 2.21. The second kappa shape index (κ2) is 11.6. The summed E-state index contributed by atoms with van der Waals surface area (Å²) in [5, 5.41) is 19.8. The van der Waals surface area contributed by atoms with Crippen LogP contribution >= 0.6 is 0 Å². The van der Waals surface area contributed by atoms with Gasteiger partial charge in [0.25, 0.3) is 0 Å². The predicted molar refractivity (Wildman–Crippen MR) is 131 cm³/mol. The van der Waals surface area contributed by atoms with Gasteiger partial charge in [0.05, 0.1) is 18.6 Å². The number of fused-ring (bicyclic) bond motifs is 2. The summed E-state index contributed by atoms with van der Waals surface area (Å²) in [7, 11) is 0. The molecule has 0 spiro atoms. The molecule has 4 rings (SSSR count). The van der Waals surface area contributed by atoms with Crippen molar-refractivity contribution in [1.29, 1.82) is 0 Å². The number of carbonyl (C=O) groups is 3. The van der Waals surface area contributed by atoms with Gasteiger partial charge in [-0.05, 0) is 31.4 Å². The molecule has 1 aromatic heterocycles. The van der Waals surface area contributed by atoms with Crippen LogP contribution in [0.5, 0.6) is 0 Å². The number of hydrogen-bond acceptors (Lipinski definition) is 7. The fourth-order valence-electron chi connectivity index (χ4n) is 4.01. The first kappa shape index (κ1) is 25.1. The second-order valence-corrected chi connectivity index (χ2v) is 8.87. The second-order valence-electron chi connectivity index (χ2n) is 8.87. The average Bonchev–Trinajstić information content (AvgIpc) is 3.38. The summed E-state index contributed by atoms with van der Waals surface area (Å²) in [6, 6.07) is 16.5. The maximum atomic E-state index is 13.1. The van der Waals surface area contributed by atoms with Crippen molar-refractivity contribution in [1.82, 2.24) is 31.5 Å². The maximum absolute atomic E-state index is 13.1. The van der Waals surface area contributed by atoms with Crippen molar-refractivity contribution in [2.24, 2.45) is 0 Å². The molecule has 1 aliphatic rings. The van der Waals surface area contributed by atoms with Gasteiger partial charge >= 0.3 is 0 Å². The Morgan fingerprint density at radius 3 is 1.97 bits per heavy atom. The Bertz CT molecular complexity index is 1180. The first-order chi connectivity index (χ1) is 17.4. The highest BCUT2D eigenvalue weighted by atomic mass is 16.4. The Morgan fingerprint density at radius 2 is 1.33 bits per heavy atom. The molecule has 36 heavy (non-hydrogen) atoms. The van der Waals surface area contributed by atoms with Crippen molar-refractivity contribution < 1.29 is 18.8 Å². The lowest BCUT2D eigenvalue weighted by molar-refractivity contribution is -0.130. The molecule has 1 unspecified atom stereocenters. The molecule has 3 aromatic rings. The van der Waals surface area contributed by atoms with Crippen LogP contribution in [0.3, 0.4) is 0 Å². The van der Waals surface area contributed by atoms with Crippen molar-refractivity contribution in [3.8, 4) is 0 Å². The van der Waals surface area contributed by atoms with Crippen LogP contribution < -0.4 is 21.3 Å². The number of hydrogen-bond donors (Lipinski definition) is 4. The van der Waals surface area contributed by atoms with Gasteiger partial charge in [0.1, 0.15) is 12.1 Å². The Balaban J connectivity index is 1.60. The largest absolute Gasteiger partial charge is 0.421 e. The number of amides is 3. The average molecular weight is 491 g/mol. The molecule has 3 amide bonds. The Labute approximate surface area is 209 Å². The van der Waals surface area contributed by atoms with Crippen LogP contribution in [0.4, 0.5) is 0 Å². The highest BCUT2D eigenvalue weighted by molar-refractivity contribution is 5.91. The number of nitrogens with zero attached hydrogens (tertiary/aromatic N) is 2. The fraction of sp³-hybridized carbons (Fsp3) is 0.346. The van der Waals surface area contributed by atoms with E-state index >= 15 is 0 Å². The number of nitrogens with one attached hydrogen (secondary N) is 4. The molecular weight excluding hydrogens is 460 g/mol. The normalized spacial score (nSPS) is 23.6. The summed E-state index contributed by atoms with van der Waals surface area (Å²) in [6.45, 7) is 3.18. The molecule has 0 saturated carbocycles. The van der Waals surface area contributed by atoms with Crippen molar-refractivity contribution in [2.75, 3.05) is 6.54 Å². The van der Waals surface area contributed by atoms with Crippen LogP contribution in [0.25, 0.3) is 0 Å². The van der Waals surface area contributed by atoms with E-state index in [-0.39, 0.29) is 24.8 Å². The molecule has 0 fully saturated rings. The molecule has 10 nitrogen and oxygen atoms in total. The molecule has 2 bridgehead atoms. The quantitative estimate of drug-likeness (QED) is 0.433. The lowest BCUT2D eigenvalue weighted by Crippen LogP contribution is -2.52. The molecule has 188 valence electrons. The Hall–Kier alpha value is -4.05. The summed E-state index contributed by atoms with van der Waals surface area (Å²) in [4.78, 5) is 38.5. The maximum Gasteiger partial charge on any atom is 0.243 e.